The van der Waals surface area contributed by atoms with Gasteiger partial charge in [0.2, 0.25) is 5.89 Å². The Bertz CT molecular complexity index is 2210. The van der Waals surface area contributed by atoms with Gasteiger partial charge < -0.3 is 13.9 Å². The quantitative estimate of drug-likeness (QED) is 0.164. The molecule has 0 spiro atoms. The van der Waals surface area contributed by atoms with Crippen LogP contribution >= 0.6 is 0 Å². The fourth-order valence-electron chi connectivity index (χ4n) is 4.92. The van der Waals surface area contributed by atoms with Crippen molar-refractivity contribution in [3.8, 4) is 36.2 Å². The number of ketones is 1. The van der Waals surface area contributed by atoms with Crippen molar-refractivity contribution in [2.24, 2.45) is 4.99 Å². The molecular weight excluding hydrogens is 600 g/mol. The molecule has 0 saturated heterocycles. The van der Waals surface area contributed by atoms with E-state index in [1.165, 1.54) is 0 Å². The summed E-state index contributed by atoms with van der Waals surface area (Å²) in [7, 11) is 0. The summed E-state index contributed by atoms with van der Waals surface area (Å²) in [5.74, 6) is 6.71. The van der Waals surface area contributed by atoms with Crippen LogP contribution < -0.4 is 15.1 Å². The molecule has 0 amide bonds. The minimum absolute atomic E-state index is 0.0376. The van der Waals surface area contributed by atoms with Gasteiger partial charge in [-0.2, -0.15) is 0 Å². The predicted molar refractivity (Wildman–Crippen MR) is 192 cm³/mol. The summed E-state index contributed by atoms with van der Waals surface area (Å²) in [5.41, 5.74) is 6.44. The van der Waals surface area contributed by atoms with Gasteiger partial charge in [0.15, 0.2) is 5.78 Å². The van der Waals surface area contributed by atoms with Gasteiger partial charge in [-0.05, 0) is 96.3 Å². The molecule has 5 aromatic rings. The van der Waals surface area contributed by atoms with Crippen LogP contribution in [0.4, 0.5) is 5.69 Å². The van der Waals surface area contributed by atoms with Crippen molar-refractivity contribution in [2.45, 2.75) is 20.3 Å². The van der Waals surface area contributed by atoms with Crippen molar-refractivity contribution in [1.82, 2.24) is 4.98 Å². The molecule has 2 heterocycles. The highest BCUT2D eigenvalue weighted by atomic mass is 16.5. The van der Waals surface area contributed by atoms with Crippen LogP contribution in [0.25, 0.3) is 29.1 Å². The summed E-state index contributed by atoms with van der Waals surface area (Å²) in [5, 5.41) is 0.473. The van der Waals surface area contributed by atoms with E-state index in [0.717, 1.165) is 45.0 Å². The zero-order chi connectivity index (χ0) is 33.9. The third kappa shape index (κ3) is 8.42. The van der Waals surface area contributed by atoms with Gasteiger partial charge in [-0.25, -0.2) is 14.8 Å². The van der Waals surface area contributed by atoms with E-state index in [2.05, 4.69) is 21.8 Å². The van der Waals surface area contributed by atoms with Crippen molar-refractivity contribution in [2.75, 3.05) is 13.2 Å². The number of carbonyl (C=O) groups is 1. The molecule has 1 aromatic heterocycles. The van der Waals surface area contributed by atoms with Gasteiger partial charge in [0.1, 0.15) is 30.4 Å². The Balaban J connectivity index is 0.000000188. The zero-order valence-electron chi connectivity index (χ0n) is 26.6. The summed E-state index contributed by atoms with van der Waals surface area (Å²) in [4.78, 5) is 32.9. The molecule has 0 unspecified atom stereocenters. The molecule has 48 heavy (non-hydrogen) atoms. The summed E-state index contributed by atoms with van der Waals surface area (Å²) >= 11 is 0. The number of hydrogen-bond acceptors (Lipinski definition) is 7. The van der Waals surface area contributed by atoms with Gasteiger partial charge in [-0.15, -0.1) is 12.8 Å². The second-order valence-electron chi connectivity index (χ2n) is 10.8. The molecule has 0 atom stereocenters. The van der Waals surface area contributed by atoms with Gasteiger partial charge in [0, 0.05) is 12.5 Å². The SMILES string of the molecule is C#CCOc1ccc(/C=C/C2=Nc3ccccc3CC2=O)cc1C.C#CCOc1ccc(/C=C/c2nc3ccccc3c(=O)o2)cc1C. The number of Topliss-reactive ketones (excluding diaryl/α,β-unsaturated/α-hetero) is 1. The number of para-hydroxylation sites is 2. The Morgan fingerprint density at radius 3 is 2.02 bits per heavy atom. The summed E-state index contributed by atoms with van der Waals surface area (Å²) in [6, 6.07) is 26.3. The van der Waals surface area contributed by atoms with Crippen LogP contribution in [0.5, 0.6) is 11.5 Å². The van der Waals surface area contributed by atoms with Crippen LogP contribution in [0.3, 0.4) is 0 Å². The molecule has 1 aliphatic rings. The number of benzene rings is 4. The molecule has 0 radical (unpaired) electrons. The normalized spacial score (nSPS) is 12.1. The fourth-order valence-corrected chi connectivity index (χ4v) is 4.92. The molecule has 0 fully saturated rings. The van der Waals surface area contributed by atoms with Crippen molar-refractivity contribution in [1.29, 1.82) is 0 Å². The van der Waals surface area contributed by atoms with E-state index in [4.69, 9.17) is 26.7 Å². The van der Waals surface area contributed by atoms with E-state index in [0.29, 0.717) is 23.0 Å². The summed E-state index contributed by atoms with van der Waals surface area (Å²) in [6.45, 7) is 4.39. The molecule has 7 heteroatoms. The highest BCUT2D eigenvalue weighted by molar-refractivity contribution is 6.46. The number of carbonyl (C=O) groups excluding carboxylic acids is 1. The second kappa shape index (κ2) is 15.7. The number of rotatable bonds is 8. The lowest BCUT2D eigenvalue weighted by molar-refractivity contribution is -0.112. The summed E-state index contributed by atoms with van der Waals surface area (Å²) in [6.07, 6.45) is 18.0. The van der Waals surface area contributed by atoms with Gasteiger partial charge in [0.05, 0.1) is 16.6 Å². The Labute approximate surface area is 279 Å². The molecular formula is C41H32N2O5. The number of aromatic nitrogens is 1. The van der Waals surface area contributed by atoms with E-state index >= 15 is 0 Å². The van der Waals surface area contributed by atoms with Crippen molar-refractivity contribution in [3.63, 3.8) is 0 Å². The third-order valence-corrected chi connectivity index (χ3v) is 7.29. The van der Waals surface area contributed by atoms with Gasteiger partial charge >= 0.3 is 5.63 Å². The fraction of sp³-hybridized carbons (Fsp3) is 0.122. The predicted octanol–water partition coefficient (Wildman–Crippen LogP) is 7.60. The van der Waals surface area contributed by atoms with Crippen LogP contribution in [0, 0.1) is 38.5 Å². The first-order valence-electron chi connectivity index (χ1n) is 15.1. The lowest BCUT2D eigenvalue weighted by atomic mass is 9.99. The number of ether oxygens (including phenoxy) is 2. The standard InChI is InChI=1S/C21H17NO2.C20H15NO3/c1-3-12-24-21-11-9-16(13-15(21)2)8-10-19-20(23)14-17-6-4-5-7-18(17)22-19;1-3-12-23-18-10-8-15(13-14(18)2)9-11-19-21-17-7-5-4-6-16(17)20(22)24-19/h1,4-11,13H,12,14H2,2H3;1,4-11,13H,12H2,2H3/b10-8+;11-9+. The molecule has 0 bridgehead atoms. The van der Waals surface area contributed by atoms with Crippen LogP contribution in [0.15, 0.2) is 105 Å². The summed E-state index contributed by atoms with van der Waals surface area (Å²) < 4.78 is 16.1. The van der Waals surface area contributed by atoms with Crippen molar-refractivity contribution >= 4 is 46.3 Å². The maximum Gasteiger partial charge on any atom is 0.347 e. The molecule has 6 rings (SSSR count). The number of hydrogen-bond donors (Lipinski definition) is 0. The maximum absolute atomic E-state index is 12.2. The van der Waals surface area contributed by atoms with Crippen LogP contribution in [-0.2, 0) is 11.2 Å². The second-order valence-corrected chi connectivity index (χ2v) is 10.8. The topological polar surface area (TPSA) is 91.0 Å². The minimum atomic E-state index is -0.394. The molecule has 0 saturated carbocycles. The molecule has 236 valence electrons. The lowest BCUT2D eigenvalue weighted by Crippen LogP contribution is -2.17. The monoisotopic (exact) mass is 632 g/mol. The number of fused-ring (bicyclic) bond motifs is 2. The lowest BCUT2D eigenvalue weighted by Gasteiger charge is -2.12. The average Bonchev–Trinajstić information content (AvgIpc) is 3.09. The van der Waals surface area contributed by atoms with E-state index in [1.54, 1.807) is 30.4 Å². The molecule has 0 N–H and O–H groups in total. The Morgan fingerprint density at radius 1 is 0.771 bits per heavy atom. The van der Waals surface area contributed by atoms with Gasteiger partial charge in [-0.3, -0.25) is 4.79 Å². The number of aliphatic imine (C=N–C) groups is 1. The molecule has 4 aromatic carbocycles. The minimum Gasteiger partial charge on any atom is -0.481 e. The smallest absolute Gasteiger partial charge is 0.347 e. The van der Waals surface area contributed by atoms with Crippen LogP contribution in [0.1, 0.15) is 33.7 Å². The number of aryl methyl sites for hydroxylation is 2. The van der Waals surface area contributed by atoms with E-state index < -0.39 is 5.63 Å². The third-order valence-electron chi connectivity index (χ3n) is 7.29. The van der Waals surface area contributed by atoms with E-state index in [1.807, 2.05) is 92.7 Å². The number of allylic oxidation sites excluding steroid dienone is 1. The first-order valence-corrected chi connectivity index (χ1v) is 15.1. The zero-order valence-corrected chi connectivity index (χ0v) is 26.6. The highest BCUT2D eigenvalue weighted by Gasteiger charge is 2.17. The first-order chi connectivity index (χ1) is 23.3. The van der Waals surface area contributed by atoms with E-state index in [-0.39, 0.29) is 24.9 Å². The molecule has 1 aliphatic heterocycles. The van der Waals surface area contributed by atoms with Gasteiger partial charge in [-0.1, -0.05) is 60.4 Å². The largest absolute Gasteiger partial charge is 0.481 e. The number of nitrogens with zero attached hydrogens (tertiary/aromatic N) is 2. The number of terminal acetylenes is 2. The molecule has 0 aliphatic carbocycles. The Morgan fingerprint density at radius 2 is 1.38 bits per heavy atom. The van der Waals surface area contributed by atoms with Crippen molar-refractivity contribution in [3.05, 3.63) is 135 Å². The Kier molecular flexibility index (Phi) is 10.8. The van der Waals surface area contributed by atoms with Gasteiger partial charge in [0.25, 0.3) is 0 Å². The van der Waals surface area contributed by atoms with Crippen molar-refractivity contribution < 1.29 is 18.7 Å². The van der Waals surface area contributed by atoms with E-state index in [9.17, 15) is 9.59 Å². The highest BCUT2D eigenvalue weighted by Crippen LogP contribution is 2.25. The maximum atomic E-state index is 12.2. The van der Waals surface area contributed by atoms with Crippen LogP contribution in [-0.4, -0.2) is 29.7 Å². The van der Waals surface area contributed by atoms with Crippen LogP contribution in [0.2, 0.25) is 0 Å². The first kappa shape index (κ1) is 32.9. The molecule has 7 nitrogen and oxygen atoms in total. The average molecular weight is 633 g/mol. The Hall–Kier alpha value is -6.44.